The second-order valence-electron chi connectivity index (χ2n) is 10.3. The minimum atomic E-state index is -2.87. The minimum absolute atomic E-state index is 0.0618. The maximum atomic E-state index is 12.3. The van der Waals surface area contributed by atoms with Crippen molar-refractivity contribution in [3.05, 3.63) is 59.1 Å². The standard InChI is InChI=1S/C26H31ClN4O4S/c1-26(2,3)35-25(32)31-15-19(16-31)28-22-13-24(29-21-9-8-18(27)12-20(21)22)30-10-11-36(33,34)23-7-5-4-6-17(23)14-30/h4-9,12-13,19,33-34H,10-11,14-16H2,1-3H3,(H,28,29). The van der Waals surface area contributed by atoms with E-state index < -0.39 is 16.2 Å². The molecule has 0 saturated carbocycles. The van der Waals surface area contributed by atoms with Crippen molar-refractivity contribution < 1.29 is 18.6 Å². The van der Waals surface area contributed by atoms with E-state index in [9.17, 15) is 13.9 Å². The molecule has 3 N–H and O–H groups in total. The number of fused-ring (bicyclic) bond motifs is 2. The molecule has 1 saturated heterocycles. The van der Waals surface area contributed by atoms with Crippen LogP contribution in [-0.4, -0.2) is 62.1 Å². The number of carbonyl (C=O) groups is 1. The highest BCUT2D eigenvalue weighted by Crippen LogP contribution is 2.51. The summed E-state index contributed by atoms with van der Waals surface area (Å²) < 4.78 is 27.0. The quantitative estimate of drug-likeness (QED) is 0.379. The predicted octanol–water partition coefficient (Wildman–Crippen LogP) is 6.05. The van der Waals surface area contributed by atoms with Gasteiger partial charge in [-0.3, -0.25) is 9.11 Å². The lowest BCUT2D eigenvalue weighted by molar-refractivity contribution is 0.0105. The van der Waals surface area contributed by atoms with Gasteiger partial charge in [0.05, 0.1) is 22.2 Å². The zero-order valence-electron chi connectivity index (χ0n) is 20.6. The van der Waals surface area contributed by atoms with E-state index in [4.69, 9.17) is 21.3 Å². The van der Waals surface area contributed by atoms with E-state index in [2.05, 4.69) is 10.2 Å². The summed E-state index contributed by atoms with van der Waals surface area (Å²) in [6.45, 7) is 7.62. The smallest absolute Gasteiger partial charge is 0.410 e. The van der Waals surface area contributed by atoms with Gasteiger partial charge in [-0.25, -0.2) is 9.78 Å². The fraction of sp³-hybridized carbons (Fsp3) is 0.385. The van der Waals surface area contributed by atoms with Gasteiger partial charge in [-0.2, -0.15) is 10.6 Å². The molecule has 3 aromatic rings. The molecule has 0 unspecified atom stereocenters. The fourth-order valence-corrected chi connectivity index (χ4v) is 6.23. The second-order valence-corrected chi connectivity index (χ2v) is 12.9. The molecule has 1 fully saturated rings. The van der Waals surface area contributed by atoms with Crippen LogP contribution in [0.5, 0.6) is 0 Å². The van der Waals surface area contributed by atoms with Gasteiger partial charge < -0.3 is 19.9 Å². The Bertz CT molecular complexity index is 1310. The first-order chi connectivity index (χ1) is 17.0. The topological polar surface area (TPSA) is 98.2 Å². The van der Waals surface area contributed by atoms with E-state index in [0.29, 0.717) is 36.1 Å². The molecule has 1 aromatic heterocycles. The van der Waals surface area contributed by atoms with Crippen molar-refractivity contribution in [3.63, 3.8) is 0 Å². The molecular weight excluding hydrogens is 500 g/mol. The summed E-state index contributed by atoms with van der Waals surface area (Å²) in [4.78, 5) is 21.6. The Kier molecular flexibility index (Phi) is 6.45. The van der Waals surface area contributed by atoms with Crippen molar-refractivity contribution in [3.8, 4) is 0 Å². The lowest BCUT2D eigenvalue weighted by atomic mass is 10.1. The van der Waals surface area contributed by atoms with Gasteiger partial charge in [0.15, 0.2) is 0 Å². The number of likely N-dealkylation sites (tertiary alicyclic amines) is 1. The molecule has 0 spiro atoms. The van der Waals surface area contributed by atoms with Crippen molar-refractivity contribution in [2.75, 3.05) is 35.6 Å². The van der Waals surface area contributed by atoms with Crippen LogP contribution >= 0.6 is 22.2 Å². The summed E-state index contributed by atoms with van der Waals surface area (Å²) in [5.41, 5.74) is 2.01. The molecule has 0 radical (unpaired) electrons. The SMILES string of the molecule is CC(C)(C)OC(=O)N1CC(Nc2cc(N3CCS(O)(O)c4ccccc4C3)nc3ccc(Cl)cc23)C1. The number of nitrogens with one attached hydrogen (secondary N) is 1. The number of pyridine rings is 1. The van der Waals surface area contributed by atoms with Crippen LogP contribution in [-0.2, 0) is 11.3 Å². The van der Waals surface area contributed by atoms with Gasteiger partial charge in [0, 0.05) is 48.3 Å². The summed E-state index contributed by atoms with van der Waals surface area (Å²) >= 11 is 6.31. The third kappa shape index (κ3) is 5.20. The highest BCUT2D eigenvalue weighted by Gasteiger charge is 2.34. The summed E-state index contributed by atoms with van der Waals surface area (Å²) in [5, 5.41) is 5.06. The van der Waals surface area contributed by atoms with Crippen molar-refractivity contribution in [2.45, 2.75) is 43.9 Å². The van der Waals surface area contributed by atoms with E-state index >= 15 is 0 Å². The van der Waals surface area contributed by atoms with Crippen LogP contribution in [0.2, 0.25) is 5.02 Å². The molecule has 10 heteroatoms. The van der Waals surface area contributed by atoms with Crippen LogP contribution in [0.1, 0.15) is 26.3 Å². The Hall–Kier alpha value is -2.72. The van der Waals surface area contributed by atoms with Crippen LogP contribution in [0.4, 0.5) is 16.3 Å². The molecule has 192 valence electrons. The van der Waals surface area contributed by atoms with Crippen molar-refractivity contribution in [2.24, 2.45) is 0 Å². The molecule has 0 atom stereocenters. The maximum absolute atomic E-state index is 12.3. The van der Waals surface area contributed by atoms with Gasteiger partial charge in [0.1, 0.15) is 11.4 Å². The van der Waals surface area contributed by atoms with Crippen LogP contribution in [0.15, 0.2) is 53.4 Å². The average Bonchev–Trinajstić information content (AvgIpc) is 2.90. The molecule has 3 heterocycles. The zero-order chi connectivity index (χ0) is 25.7. The number of hydrogen-bond donors (Lipinski definition) is 3. The normalized spacial score (nSPS) is 18.7. The van der Waals surface area contributed by atoms with Crippen molar-refractivity contribution >= 4 is 50.7 Å². The first kappa shape index (κ1) is 25.0. The van der Waals surface area contributed by atoms with Gasteiger partial charge in [-0.1, -0.05) is 29.8 Å². The van der Waals surface area contributed by atoms with Gasteiger partial charge in [0.25, 0.3) is 0 Å². The Balaban J connectivity index is 1.41. The fourth-order valence-electron chi connectivity index (χ4n) is 4.51. The number of amides is 1. The van der Waals surface area contributed by atoms with Gasteiger partial charge in [0.2, 0.25) is 0 Å². The molecular formula is C26H31ClN4O4S. The molecule has 8 nitrogen and oxygen atoms in total. The number of ether oxygens (including phenoxy) is 1. The number of halogens is 1. The Morgan fingerprint density at radius 2 is 1.92 bits per heavy atom. The number of hydrogen-bond acceptors (Lipinski definition) is 7. The number of nitrogens with zero attached hydrogens (tertiary/aromatic N) is 3. The number of aromatic nitrogens is 1. The Morgan fingerprint density at radius 3 is 2.67 bits per heavy atom. The van der Waals surface area contributed by atoms with Gasteiger partial charge in [-0.05, 0) is 50.6 Å². The molecule has 1 amide bonds. The van der Waals surface area contributed by atoms with E-state index in [0.717, 1.165) is 28.0 Å². The largest absolute Gasteiger partial charge is 0.444 e. The summed E-state index contributed by atoms with van der Waals surface area (Å²) in [7, 11) is -2.87. The molecule has 0 bridgehead atoms. The molecule has 36 heavy (non-hydrogen) atoms. The Morgan fingerprint density at radius 1 is 1.17 bits per heavy atom. The third-order valence-corrected chi connectivity index (χ3v) is 8.40. The Labute approximate surface area is 217 Å². The highest BCUT2D eigenvalue weighted by molar-refractivity contribution is 8.24. The van der Waals surface area contributed by atoms with E-state index in [-0.39, 0.29) is 17.9 Å². The number of rotatable bonds is 3. The molecule has 2 aromatic carbocycles. The average molecular weight is 531 g/mol. The molecule has 2 aliphatic heterocycles. The van der Waals surface area contributed by atoms with E-state index in [1.54, 1.807) is 11.0 Å². The molecule has 5 rings (SSSR count). The third-order valence-electron chi connectivity index (χ3n) is 6.31. The van der Waals surface area contributed by atoms with Crippen LogP contribution in [0.25, 0.3) is 10.9 Å². The van der Waals surface area contributed by atoms with Crippen LogP contribution < -0.4 is 10.2 Å². The number of benzene rings is 2. The van der Waals surface area contributed by atoms with Gasteiger partial charge >= 0.3 is 6.09 Å². The highest BCUT2D eigenvalue weighted by atomic mass is 35.5. The van der Waals surface area contributed by atoms with Crippen molar-refractivity contribution in [1.29, 1.82) is 0 Å². The van der Waals surface area contributed by atoms with Crippen LogP contribution in [0, 0.1) is 0 Å². The van der Waals surface area contributed by atoms with Crippen molar-refractivity contribution in [1.82, 2.24) is 9.88 Å². The predicted molar refractivity (Wildman–Crippen MR) is 145 cm³/mol. The molecule has 2 aliphatic rings. The first-order valence-electron chi connectivity index (χ1n) is 11.9. The molecule has 0 aliphatic carbocycles. The summed E-state index contributed by atoms with van der Waals surface area (Å²) in [5.74, 6) is 0.975. The van der Waals surface area contributed by atoms with E-state index in [1.165, 1.54) is 0 Å². The van der Waals surface area contributed by atoms with E-state index in [1.807, 2.05) is 63.2 Å². The van der Waals surface area contributed by atoms with Crippen LogP contribution in [0.3, 0.4) is 0 Å². The lowest BCUT2D eigenvalue weighted by Gasteiger charge is -2.40. The second kappa shape index (κ2) is 9.30. The summed E-state index contributed by atoms with van der Waals surface area (Å²) in [6, 6.07) is 15.1. The lowest BCUT2D eigenvalue weighted by Crippen LogP contribution is -2.57. The van der Waals surface area contributed by atoms with Gasteiger partial charge in [-0.15, -0.1) is 0 Å². The summed E-state index contributed by atoms with van der Waals surface area (Å²) in [6.07, 6.45) is -0.314. The minimum Gasteiger partial charge on any atom is -0.444 e. The number of anilines is 2. The zero-order valence-corrected chi connectivity index (χ0v) is 22.1. The number of carbonyl (C=O) groups excluding carboxylic acids is 1. The monoisotopic (exact) mass is 530 g/mol. The first-order valence-corrected chi connectivity index (χ1v) is 14.0. The maximum Gasteiger partial charge on any atom is 0.410 e.